The van der Waals surface area contributed by atoms with Crippen LogP contribution < -0.4 is 0 Å². The Morgan fingerprint density at radius 1 is 1.60 bits per heavy atom. The van der Waals surface area contributed by atoms with Crippen LogP contribution in [0.4, 0.5) is 10.1 Å². The van der Waals surface area contributed by atoms with Crippen LogP contribution in [0.15, 0.2) is 18.2 Å². The SMILES string of the molecule is CC(C(=O)O)c1c(F)cccc1[N+](=O)[O-]. The molecule has 1 aromatic rings. The van der Waals surface area contributed by atoms with Crippen molar-refractivity contribution >= 4 is 11.7 Å². The summed E-state index contributed by atoms with van der Waals surface area (Å²) < 4.78 is 13.3. The van der Waals surface area contributed by atoms with Gasteiger partial charge in [0.25, 0.3) is 5.69 Å². The summed E-state index contributed by atoms with van der Waals surface area (Å²) in [4.78, 5) is 20.4. The lowest BCUT2D eigenvalue weighted by Crippen LogP contribution is -2.11. The molecule has 0 fully saturated rings. The molecular weight excluding hydrogens is 205 g/mol. The minimum absolute atomic E-state index is 0.394. The van der Waals surface area contributed by atoms with E-state index in [-0.39, 0.29) is 0 Å². The second-order valence-corrected chi connectivity index (χ2v) is 2.99. The normalized spacial score (nSPS) is 12.1. The molecule has 80 valence electrons. The van der Waals surface area contributed by atoms with Crippen LogP contribution in [0.3, 0.4) is 0 Å². The van der Waals surface area contributed by atoms with Gasteiger partial charge in [0.15, 0.2) is 0 Å². The van der Waals surface area contributed by atoms with Gasteiger partial charge in [0.05, 0.1) is 16.4 Å². The minimum atomic E-state index is -1.30. The number of nitro groups is 1. The van der Waals surface area contributed by atoms with Crippen LogP contribution in [0.25, 0.3) is 0 Å². The summed E-state index contributed by atoms with van der Waals surface area (Å²) in [6.07, 6.45) is 0. The number of carboxylic acid groups (broad SMARTS) is 1. The van der Waals surface area contributed by atoms with Gasteiger partial charge in [-0.1, -0.05) is 6.07 Å². The van der Waals surface area contributed by atoms with Gasteiger partial charge in [-0.2, -0.15) is 0 Å². The summed E-state index contributed by atoms with van der Waals surface area (Å²) in [5.41, 5.74) is -0.903. The number of hydrogen-bond donors (Lipinski definition) is 1. The lowest BCUT2D eigenvalue weighted by atomic mass is 9.99. The van der Waals surface area contributed by atoms with Gasteiger partial charge in [-0.25, -0.2) is 4.39 Å². The zero-order valence-electron chi connectivity index (χ0n) is 7.81. The third-order valence-electron chi connectivity index (χ3n) is 2.03. The summed E-state index contributed by atoms with van der Waals surface area (Å²) in [5.74, 6) is -3.42. The number of aliphatic carboxylic acids is 1. The highest BCUT2D eigenvalue weighted by Crippen LogP contribution is 2.28. The summed E-state index contributed by atoms with van der Waals surface area (Å²) in [6, 6.07) is 3.26. The second-order valence-electron chi connectivity index (χ2n) is 2.99. The van der Waals surface area contributed by atoms with Crippen molar-refractivity contribution in [1.29, 1.82) is 0 Å². The maximum absolute atomic E-state index is 13.3. The van der Waals surface area contributed by atoms with E-state index >= 15 is 0 Å². The highest BCUT2D eigenvalue weighted by atomic mass is 19.1. The van der Waals surface area contributed by atoms with E-state index in [0.29, 0.717) is 0 Å². The number of hydrogen-bond acceptors (Lipinski definition) is 3. The lowest BCUT2D eigenvalue weighted by molar-refractivity contribution is -0.385. The molecule has 1 N–H and O–H groups in total. The molecule has 5 nitrogen and oxygen atoms in total. The number of halogens is 1. The molecule has 0 aromatic heterocycles. The first-order chi connectivity index (χ1) is 6.95. The molecule has 0 saturated carbocycles. The van der Waals surface area contributed by atoms with Gasteiger partial charge in [0, 0.05) is 6.07 Å². The van der Waals surface area contributed by atoms with Crippen LogP contribution in [0.5, 0.6) is 0 Å². The summed E-state index contributed by atoms with van der Waals surface area (Å²) in [7, 11) is 0. The minimum Gasteiger partial charge on any atom is -0.481 e. The van der Waals surface area contributed by atoms with Gasteiger partial charge < -0.3 is 5.11 Å². The number of benzene rings is 1. The number of nitrogens with zero attached hydrogens (tertiary/aromatic N) is 1. The van der Waals surface area contributed by atoms with Crippen molar-refractivity contribution in [2.24, 2.45) is 0 Å². The Hall–Kier alpha value is -1.98. The maximum Gasteiger partial charge on any atom is 0.311 e. The Morgan fingerprint density at radius 2 is 2.20 bits per heavy atom. The van der Waals surface area contributed by atoms with Crippen LogP contribution in [0, 0.1) is 15.9 Å². The van der Waals surface area contributed by atoms with Gasteiger partial charge in [-0.05, 0) is 13.0 Å². The fourth-order valence-electron chi connectivity index (χ4n) is 1.24. The van der Waals surface area contributed by atoms with Crippen LogP contribution in [0.2, 0.25) is 0 Å². The third-order valence-corrected chi connectivity index (χ3v) is 2.03. The Bertz CT molecular complexity index is 419. The maximum atomic E-state index is 13.3. The van der Waals surface area contributed by atoms with E-state index < -0.39 is 33.9 Å². The van der Waals surface area contributed by atoms with Gasteiger partial charge >= 0.3 is 5.97 Å². The molecule has 0 aliphatic carbocycles. The predicted molar refractivity (Wildman–Crippen MR) is 49.1 cm³/mol. The topological polar surface area (TPSA) is 80.4 Å². The fraction of sp³-hybridized carbons (Fsp3) is 0.222. The summed E-state index contributed by atoms with van der Waals surface area (Å²) in [6.45, 7) is 1.20. The first kappa shape index (κ1) is 11.1. The van der Waals surface area contributed by atoms with Gasteiger partial charge in [-0.3, -0.25) is 14.9 Å². The van der Waals surface area contributed by atoms with Crippen LogP contribution in [-0.2, 0) is 4.79 Å². The molecular formula is C9H8FNO4. The zero-order chi connectivity index (χ0) is 11.6. The number of rotatable bonds is 3. The van der Waals surface area contributed by atoms with E-state index in [1.807, 2.05) is 0 Å². The highest BCUT2D eigenvalue weighted by Gasteiger charge is 2.27. The smallest absolute Gasteiger partial charge is 0.311 e. The largest absolute Gasteiger partial charge is 0.481 e. The monoisotopic (exact) mass is 213 g/mol. The van der Waals surface area contributed by atoms with Crippen molar-refractivity contribution in [2.45, 2.75) is 12.8 Å². The molecule has 0 aliphatic rings. The molecule has 1 rings (SSSR count). The van der Waals surface area contributed by atoms with Crippen molar-refractivity contribution < 1.29 is 19.2 Å². The zero-order valence-corrected chi connectivity index (χ0v) is 7.81. The molecule has 1 unspecified atom stereocenters. The molecule has 0 saturated heterocycles. The molecule has 0 bridgehead atoms. The van der Waals surface area contributed by atoms with Gasteiger partial charge in [0.1, 0.15) is 5.82 Å². The lowest BCUT2D eigenvalue weighted by Gasteiger charge is -2.07. The van der Waals surface area contributed by atoms with Crippen molar-refractivity contribution in [2.75, 3.05) is 0 Å². The Kier molecular flexibility index (Phi) is 2.99. The van der Waals surface area contributed by atoms with Crippen molar-refractivity contribution in [3.63, 3.8) is 0 Å². The molecule has 1 aromatic carbocycles. The van der Waals surface area contributed by atoms with E-state index in [0.717, 1.165) is 12.1 Å². The highest BCUT2D eigenvalue weighted by molar-refractivity contribution is 5.77. The molecule has 1 atom stereocenters. The summed E-state index contributed by atoms with van der Waals surface area (Å²) in [5, 5.41) is 19.2. The standard InChI is InChI=1S/C9H8FNO4/c1-5(9(12)13)8-6(10)3-2-4-7(8)11(14)15/h2-5H,1H3,(H,12,13). The van der Waals surface area contributed by atoms with Crippen molar-refractivity contribution in [3.8, 4) is 0 Å². The van der Waals surface area contributed by atoms with Crippen LogP contribution >= 0.6 is 0 Å². The molecule has 0 spiro atoms. The van der Waals surface area contributed by atoms with Crippen molar-refractivity contribution in [1.82, 2.24) is 0 Å². The first-order valence-corrected chi connectivity index (χ1v) is 4.10. The van der Waals surface area contributed by atoms with E-state index in [9.17, 15) is 19.3 Å². The number of nitro benzene ring substituents is 1. The van der Waals surface area contributed by atoms with E-state index in [2.05, 4.69) is 0 Å². The Balaban J connectivity index is 3.37. The van der Waals surface area contributed by atoms with E-state index in [1.54, 1.807) is 0 Å². The Labute approximate surface area is 84.3 Å². The quantitative estimate of drug-likeness (QED) is 0.614. The fourth-order valence-corrected chi connectivity index (χ4v) is 1.24. The average molecular weight is 213 g/mol. The average Bonchev–Trinajstić information content (AvgIpc) is 2.16. The Morgan fingerprint density at radius 3 is 2.67 bits per heavy atom. The number of carbonyl (C=O) groups is 1. The van der Waals surface area contributed by atoms with Crippen molar-refractivity contribution in [3.05, 3.63) is 39.7 Å². The van der Waals surface area contributed by atoms with E-state index in [4.69, 9.17) is 5.11 Å². The molecule has 15 heavy (non-hydrogen) atoms. The predicted octanol–water partition coefficient (Wildman–Crippen LogP) is 1.92. The molecule has 0 amide bonds. The first-order valence-electron chi connectivity index (χ1n) is 4.10. The molecule has 0 aliphatic heterocycles. The van der Waals surface area contributed by atoms with Gasteiger partial charge in [0.2, 0.25) is 0 Å². The molecule has 6 heteroatoms. The second kappa shape index (κ2) is 4.04. The third kappa shape index (κ3) is 2.09. The van der Waals surface area contributed by atoms with E-state index in [1.165, 1.54) is 13.0 Å². The van der Waals surface area contributed by atoms with Crippen LogP contribution in [-0.4, -0.2) is 16.0 Å². The number of carboxylic acids is 1. The molecule has 0 heterocycles. The summed E-state index contributed by atoms with van der Waals surface area (Å²) >= 11 is 0. The molecule has 0 radical (unpaired) electrons. The van der Waals surface area contributed by atoms with Crippen LogP contribution in [0.1, 0.15) is 18.4 Å². The van der Waals surface area contributed by atoms with Gasteiger partial charge in [-0.15, -0.1) is 0 Å².